The van der Waals surface area contributed by atoms with E-state index < -0.39 is 0 Å². The van der Waals surface area contributed by atoms with Gasteiger partial charge in [0.15, 0.2) is 5.82 Å². The maximum atomic E-state index is 12.3. The van der Waals surface area contributed by atoms with Crippen LogP contribution in [0.5, 0.6) is 0 Å². The number of aromatic nitrogens is 2. The Labute approximate surface area is 111 Å². The molecule has 0 aliphatic heterocycles. The van der Waals surface area contributed by atoms with Crippen LogP contribution in [0.4, 0.5) is 5.82 Å². The first-order valence-electron chi connectivity index (χ1n) is 5.68. The van der Waals surface area contributed by atoms with Gasteiger partial charge in [-0.05, 0) is 27.7 Å². The fraction of sp³-hybridized carbons (Fsp3) is 0.667. The largest absolute Gasteiger partial charge is 0.349 e. The summed E-state index contributed by atoms with van der Waals surface area (Å²) in [6.45, 7) is 8.10. The van der Waals surface area contributed by atoms with Gasteiger partial charge in [-0.2, -0.15) is 0 Å². The molecule has 0 amide bonds. The zero-order valence-corrected chi connectivity index (χ0v) is 12.7. The van der Waals surface area contributed by atoms with Gasteiger partial charge >= 0.3 is 0 Å². The topological polar surface area (TPSA) is 38.1 Å². The molecule has 1 rings (SSSR count). The summed E-state index contributed by atoms with van der Waals surface area (Å²) in [5, 5.41) is 0.772. The van der Waals surface area contributed by atoms with Crippen molar-refractivity contribution in [3.63, 3.8) is 0 Å². The highest BCUT2D eigenvalue weighted by Gasteiger charge is 2.25. The van der Waals surface area contributed by atoms with Crippen molar-refractivity contribution in [2.24, 2.45) is 0 Å². The third kappa shape index (κ3) is 2.89. The van der Waals surface area contributed by atoms with Crippen molar-refractivity contribution in [2.75, 3.05) is 17.3 Å². The van der Waals surface area contributed by atoms with E-state index in [0.717, 1.165) is 5.33 Å². The average Bonchev–Trinajstić information content (AvgIpc) is 2.28. The van der Waals surface area contributed by atoms with E-state index in [9.17, 15) is 4.79 Å². The van der Waals surface area contributed by atoms with E-state index in [0.29, 0.717) is 5.82 Å². The Morgan fingerprint density at radius 2 is 2.12 bits per heavy atom. The second-order valence-corrected chi connectivity index (χ2v) is 5.62. The van der Waals surface area contributed by atoms with Gasteiger partial charge in [0.1, 0.15) is 0 Å². The Balaban J connectivity index is 3.25. The van der Waals surface area contributed by atoms with Gasteiger partial charge in [-0.15, -0.1) is 0 Å². The van der Waals surface area contributed by atoms with Crippen LogP contribution >= 0.6 is 15.9 Å². The predicted octanol–water partition coefficient (Wildman–Crippen LogP) is 2.43. The Kier molecular flexibility index (Phi) is 4.36. The highest BCUT2D eigenvalue weighted by atomic mass is 79.9. The van der Waals surface area contributed by atoms with Crippen LogP contribution in [0, 0.1) is 0 Å². The normalized spacial score (nSPS) is 11.9. The highest BCUT2D eigenvalue weighted by molar-refractivity contribution is 9.09. The van der Waals surface area contributed by atoms with Crippen molar-refractivity contribution in [1.29, 1.82) is 0 Å². The van der Waals surface area contributed by atoms with Gasteiger partial charge in [0, 0.05) is 36.4 Å². The molecule has 1 aromatic rings. The Morgan fingerprint density at radius 3 is 2.59 bits per heavy atom. The number of anilines is 1. The Bertz CT molecular complexity index is 440. The zero-order chi connectivity index (χ0) is 13.2. The van der Waals surface area contributed by atoms with Gasteiger partial charge in [-0.1, -0.05) is 15.9 Å². The zero-order valence-electron chi connectivity index (χ0n) is 11.1. The summed E-state index contributed by atoms with van der Waals surface area (Å²) in [6.07, 6.45) is 3.41. The minimum absolute atomic E-state index is 0.0426. The van der Waals surface area contributed by atoms with Crippen molar-refractivity contribution < 1.29 is 0 Å². The standard InChI is InChI=1S/C12H20BrN3O/c1-9(2)16-7-6-14-10(11(16)17)15(5)12(3,4)8-13/h6-7,9H,8H2,1-5H3. The van der Waals surface area contributed by atoms with Crippen LogP contribution in [0.15, 0.2) is 17.2 Å². The molecule has 0 N–H and O–H groups in total. The predicted molar refractivity (Wildman–Crippen MR) is 75.2 cm³/mol. The maximum absolute atomic E-state index is 12.3. The lowest BCUT2D eigenvalue weighted by Gasteiger charge is -2.34. The van der Waals surface area contributed by atoms with Crippen LogP contribution in [-0.2, 0) is 0 Å². The monoisotopic (exact) mass is 301 g/mol. The number of hydrogen-bond donors (Lipinski definition) is 0. The molecule has 0 saturated carbocycles. The Morgan fingerprint density at radius 1 is 1.53 bits per heavy atom. The second kappa shape index (κ2) is 5.21. The van der Waals surface area contributed by atoms with E-state index in [4.69, 9.17) is 0 Å². The van der Waals surface area contributed by atoms with Crippen LogP contribution in [0.2, 0.25) is 0 Å². The first-order valence-corrected chi connectivity index (χ1v) is 6.80. The minimum atomic E-state index is -0.150. The fourth-order valence-electron chi connectivity index (χ4n) is 1.43. The summed E-state index contributed by atoms with van der Waals surface area (Å²) in [7, 11) is 1.90. The summed E-state index contributed by atoms with van der Waals surface area (Å²) in [5.74, 6) is 0.491. The quantitative estimate of drug-likeness (QED) is 0.802. The summed E-state index contributed by atoms with van der Waals surface area (Å²) in [4.78, 5) is 18.4. The van der Waals surface area contributed by atoms with E-state index in [1.165, 1.54) is 0 Å². The van der Waals surface area contributed by atoms with Crippen molar-refractivity contribution in [2.45, 2.75) is 39.3 Å². The molecule has 0 atom stereocenters. The smallest absolute Gasteiger partial charge is 0.293 e. The third-order valence-electron chi connectivity index (χ3n) is 2.96. The molecule has 0 bridgehead atoms. The number of hydrogen-bond acceptors (Lipinski definition) is 3. The summed E-state index contributed by atoms with van der Waals surface area (Å²) in [5.41, 5.74) is -0.193. The van der Waals surface area contributed by atoms with Crippen molar-refractivity contribution in [1.82, 2.24) is 9.55 Å². The summed E-state index contributed by atoms with van der Waals surface area (Å²) < 4.78 is 1.70. The fourth-order valence-corrected chi connectivity index (χ4v) is 1.80. The lowest BCUT2D eigenvalue weighted by Crippen LogP contribution is -2.46. The average molecular weight is 302 g/mol. The van der Waals surface area contributed by atoms with Crippen molar-refractivity contribution >= 4 is 21.7 Å². The maximum Gasteiger partial charge on any atom is 0.293 e. The number of halogens is 1. The van der Waals surface area contributed by atoms with Gasteiger partial charge in [0.25, 0.3) is 5.56 Å². The molecule has 17 heavy (non-hydrogen) atoms. The number of nitrogens with zero attached hydrogens (tertiary/aromatic N) is 3. The molecule has 4 nitrogen and oxygen atoms in total. The van der Waals surface area contributed by atoms with Crippen LogP contribution in [0.25, 0.3) is 0 Å². The summed E-state index contributed by atoms with van der Waals surface area (Å²) in [6, 6.07) is 0.143. The molecule has 0 saturated heterocycles. The molecule has 0 aliphatic carbocycles. The lowest BCUT2D eigenvalue weighted by atomic mass is 10.1. The molecule has 5 heteroatoms. The molecule has 96 valence electrons. The molecule has 0 radical (unpaired) electrons. The van der Waals surface area contributed by atoms with Crippen LogP contribution in [-0.4, -0.2) is 27.5 Å². The lowest BCUT2D eigenvalue weighted by molar-refractivity contribution is 0.528. The molecule has 0 unspecified atom stereocenters. The van der Waals surface area contributed by atoms with Gasteiger partial charge in [-0.3, -0.25) is 4.79 Å². The second-order valence-electron chi connectivity index (χ2n) is 5.06. The van der Waals surface area contributed by atoms with E-state index in [2.05, 4.69) is 34.8 Å². The van der Waals surface area contributed by atoms with Crippen molar-refractivity contribution in [3.05, 3.63) is 22.7 Å². The molecular formula is C12H20BrN3O. The van der Waals surface area contributed by atoms with E-state index in [-0.39, 0.29) is 17.1 Å². The minimum Gasteiger partial charge on any atom is -0.349 e. The van der Waals surface area contributed by atoms with Crippen molar-refractivity contribution in [3.8, 4) is 0 Å². The first-order chi connectivity index (χ1) is 7.81. The molecule has 0 aliphatic rings. The number of rotatable bonds is 4. The first kappa shape index (κ1) is 14.2. The molecule has 0 aromatic carbocycles. The SMILES string of the molecule is CC(C)n1ccnc(N(C)C(C)(C)CBr)c1=O. The van der Waals surface area contributed by atoms with E-state index in [1.807, 2.05) is 25.8 Å². The molecule has 0 fully saturated rings. The van der Waals surface area contributed by atoms with E-state index in [1.54, 1.807) is 17.0 Å². The van der Waals surface area contributed by atoms with Crippen LogP contribution < -0.4 is 10.5 Å². The number of alkyl halides is 1. The van der Waals surface area contributed by atoms with Crippen LogP contribution in [0.1, 0.15) is 33.7 Å². The Hall–Kier alpha value is -0.840. The molecule has 1 heterocycles. The van der Waals surface area contributed by atoms with Crippen LogP contribution in [0.3, 0.4) is 0 Å². The van der Waals surface area contributed by atoms with Gasteiger partial charge in [0.05, 0.1) is 0 Å². The van der Waals surface area contributed by atoms with E-state index >= 15 is 0 Å². The third-order valence-corrected chi connectivity index (χ3v) is 4.33. The summed E-state index contributed by atoms with van der Waals surface area (Å²) >= 11 is 3.46. The van der Waals surface area contributed by atoms with Gasteiger partial charge in [0.2, 0.25) is 0 Å². The molecular weight excluding hydrogens is 282 g/mol. The van der Waals surface area contributed by atoms with Gasteiger partial charge in [-0.25, -0.2) is 4.98 Å². The molecule has 1 aromatic heterocycles. The molecule has 0 spiro atoms. The highest BCUT2D eigenvalue weighted by Crippen LogP contribution is 2.19. The van der Waals surface area contributed by atoms with Gasteiger partial charge < -0.3 is 9.47 Å².